The lowest BCUT2D eigenvalue weighted by Gasteiger charge is -2.18. The summed E-state index contributed by atoms with van der Waals surface area (Å²) in [6.07, 6.45) is 7.37. The van der Waals surface area contributed by atoms with Crippen LogP contribution in [-0.4, -0.2) is 50.5 Å². The van der Waals surface area contributed by atoms with Crippen molar-refractivity contribution in [2.24, 2.45) is 5.92 Å². The molecule has 4 rings (SSSR count). The Balaban J connectivity index is 1.23. The van der Waals surface area contributed by atoms with Crippen LogP contribution in [0, 0.1) is 5.92 Å². The molecular formula is C21H29N3O5S. The molecule has 0 bridgehead atoms. The van der Waals surface area contributed by atoms with Crippen LogP contribution in [0.5, 0.6) is 5.75 Å². The first-order chi connectivity index (χ1) is 14.4. The average molecular weight is 436 g/mol. The zero-order valence-corrected chi connectivity index (χ0v) is 17.9. The molecule has 164 valence electrons. The maximum absolute atomic E-state index is 12.9. The Morgan fingerprint density at radius 1 is 1.17 bits per heavy atom. The SMILES string of the molecule is O=C1CN(CCCCCC2(NS(=O)(=O)c3cccc(OCC4CC4)c3)CC2)C(=O)N1. The number of carbonyl (C=O) groups excluding carboxylic acids is 2. The summed E-state index contributed by atoms with van der Waals surface area (Å²) in [7, 11) is -3.60. The minimum Gasteiger partial charge on any atom is -0.493 e. The molecule has 1 heterocycles. The zero-order valence-electron chi connectivity index (χ0n) is 17.1. The van der Waals surface area contributed by atoms with E-state index in [0.29, 0.717) is 24.8 Å². The van der Waals surface area contributed by atoms with E-state index in [1.165, 1.54) is 17.7 Å². The summed E-state index contributed by atoms with van der Waals surface area (Å²) in [6.45, 7) is 1.32. The maximum Gasteiger partial charge on any atom is 0.324 e. The number of unbranched alkanes of at least 4 members (excludes halogenated alkanes) is 2. The van der Waals surface area contributed by atoms with Gasteiger partial charge in [0.2, 0.25) is 15.9 Å². The van der Waals surface area contributed by atoms with Gasteiger partial charge in [-0.15, -0.1) is 0 Å². The number of hydrogen-bond acceptors (Lipinski definition) is 5. The van der Waals surface area contributed by atoms with Gasteiger partial charge in [-0.3, -0.25) is 10.1 Å². The second kappa shape index (κ2) is 8.55. The normalized spacial score (nSPS) is 20.3. The van der Waals surface area contributed by atoms with Crippen LogP contribution in [0.2, 0.25) is 0 Å². The quantitative estimate of drug-likeness (QED) is 0.387. The Morgan fingerprint density at radius 3 is 2.63 bits per heavy atom. The number of carbonyl (C=O) groups is 2. The fraction of sp³-hybridized carbons (Fsp3) is 0.619. The fourth-order valence-corrected chi connectivity index (χ4v) is 5.26. The molecule has 0 radical (unpaired) electrons. The average Bonchev–Trinajstić information content (AvgIpc) is 3.62. The van der Waals surface area contributed by atoms with Crippen LogP contribution in [0.25, 0.3) is 0 Å². The predicted molar refractivity (Wildman–Crippen MR) is 111 cm³/mol. The van der Waals surface area contributed by atoms with E-state index in [0.717, 1.165) is 38.5 Å². The smallest absolute Gasteiger partial charge is 0.324 e. The Bertz CT molecular complexity index is 909. The number of hydrogen-bond donors (Lipinski definition) is 2. The molecule has 3 fully saturated rings. The number of urea groups is 1. The lowest BCUT2D eigenvalue weighted by Crippen LogP contribution is -2.36. The van der Waals surface area contributed by atoms with Crippen molar-refractivity contribution >= 4 is 22.0 Å². The van der Waals surface area contributed by atoms with E-state index in [2.05, 4.69) is 10.0 Å². The molecule has 3 aliphatic rings. The highest BCUT2D eigenvalue weighted by molar-refractivity contribution is 7.89. The van der Waals surface area contributed by atoms with Gasteiger partial charge in [-0.2, -0.15) is 0 Å². The minimum absolute atomic E-state index is 0.131. The van der Waals surface area contributed by atoms with Crippen LogP contribution in [0.15, 0.2) is 29.2 Å². The van der Waals surface area contributed by atoms with E-state index in [9.17, 15) is 18.0 Å². The van der Waals surface area contributed by atoms with Gasteiger partial charge < -0.3 is 9.64 Å². The third-order valence-corrected chi connectivity index (χ3v) is 7.53. The van der Waals surface area contributed by atoms with Gasteiger partial charge in [0.05, 0.1) is 11.5 Å². The van der Waals surface area contributed by atoms with Crippen molar-refractivity contribution < 1.29 is 22.7 Å². The summed E-state index contributed by atoms with van der Waals surface area (Å²) in [5.74, 6) is 0.950. The maximum atomic E-state index is 12.9. The van der Waals surface area contributed by atoms with E-state index in [-0.39, 0.29) is 28.9 Å². The predicted octanol–water partition coefficient (Wildman–Crippen LogP) is 2.40. The first kappa shape index (κ1) is 21.1. The molecule has 2 aliphatic carbocycles. The number of amides is 3. The van der Waals surface area contributed by atoms with Gasteiger partial charge in [0.15, 0.2) is 0 Å². The van der Waals surface area contributed by atoms with Crippen LogP contribution < -0.4 is 14.8 Å². The molecule has 1 aromatic rings. The van der Waals surface area contributed by atoms with Crippen molar-refractivity contribution in [2.75, 3.05) is 19.7 Å². The summed E-state index contributed by atoms with van der Waals surface area (Å²) in [5.41, 5.74) is -0.356. The Morgan fingerprint density at radius 2 is 1.97 bits per heavy atom. The number of sulfonamides is 1. The molecule has 1 aliphatic heterocycles. The van der Waals surface area contributed by atoms with Gasteiger partial charge in [-0.25, -0.2) is 17.9 Å². The lowest BCUT2D eigenvalue weighted by atomic mass is 10.1. The Kier molecular flexibility index (Phi) is 6.02. The van der Waals surface area contributed by atoms with Crippen molar-refractivity contribution in [2.45, 2.75) is 61.8 Å². The number of rotatable bonds is 12. The van der Waals surface area contributed by atoms with E-state index >= 15 is 0 Å². The van der Waals surface area contributed by atoms with E-state index in [4.69, 9.17) is 4.74 Å². The Labute approximate surface area is 177 Å². The third-order valence-electron chi connectivity index (χ3n) is 5.95. The number of ether oxygens (including phenoxy) is 1. The molecule has 8 nitrogen and oxygen atoms in total. The van der Waals surface area contributed by atoms with Crippen LogP contribution in [0.4, 0.5) is 4.79 Å². The van der Waals surface area contributed by atoms with Gasteiger partial charge in [-0.05, 0) is 56.6 Å². The molecule has 0 unspecified atom stereocenters. The Hall–Kier alpha value is -2.13. The molecule has 9 heteroatoms. The summed E-state index contributed by atoms with van der Waals surface area (Å²) < 4.78 is 34.4. The zero-order chi connectivity index (χ0) is 21.2. The van der Waals surface area contributed by atoms with Gasteiger partial charge in [0, 0.05) is 18.2 Å². The summed E-state index contributed by atoms with van der Waals surface area (Å²) in [6, 6.07) is 6.39. The standard InChI is InChI=1S/C21H29N3O5S/c25-19-14-24(20(26)22-19)12-3-1-2-9-21(10-11-21)23-30(27,28)18-6-4-5-17(13-18)29-15-16-7-8-16/h4-6,13,16,23H,1-3,7-12,14-15H2,(H,22,25,26). The third kappa shape index (κ3) is 5.51. The fourth-order valence-electron chi connectivity index (χ4n) is 3.73. The molecule has 0 spiro atoms. The molecule has 30 heavy (non-hydrogen) atoms. The molecule has 0 atom stereocenters. The molecule has 1 saturated heterocycles. The van der Waals surface area contributed by atoms with Crippen molar-refractivity contribution in [3.05, 3.63) is 24.3 Å². The summed E-state index contributed by atoms with van der Waals surface area (Å²) in [5, 5.41) is 2.27. The van der Waals surface area contributed by atoms with Crippen LogP contribution in [0.1, 0.15) is 51.4 Å². The van der Waals surface area contributed by atoms with E-state index in [1.54, 1.807) is 24.3 Å². The number of nitrogens with one attached hydrogen (secondary N) is 2. The largest absolute Gasteiger partial charge is 0.493 e. The summed E-state index contributed by atoms with van der Waals surface area (Å²) in [4.78, 5) is 24.5. The van der Waals surface area contributed by atoms with Crippen molar-refractivity contribution in [1.82, 2.24) is 14.9 Å². The van der Waals surface area contributed by atoms with Crippen LogP contribution in [-0.2, 0) is 14.8 Å². The van der Waals surface area contributed by atoms with Crippen molar-refractivity contribution in [1.29, 1.82) is 0 Å². The first-order valence-electron chi connectivity index (χ1n) is 10.7. The topological polar surface area (TPSA) is 105 Å². The molecule has 3 amide bonds. The highest BCUT2D eigenvalue weighted by Crippen LogP contribution is 2.41. The monoisotopic (exact) mass is 435 g/mol. The lowest BCUT2D eigenvalue weighted by molar-refractivity contribution is -0.118. The molecule has 2 N–H and O–H groups in total. The number of imide groups is 1. The van der Waals surface area contributed by atoms with E-state index < -0.39 is 10.0 Å². The second-order valence-electron chi connectivity index (χ2n) is 8.70. The van der Waals surface area contributed by atoms with Gasteiger partial charge in [-0.1, -0.05) is 18.9 Å². The van der Waals surface area contributed by atoms with E-state index in [1.807, 2.05) is 0 Å². The molecule has 0 aromatic heterocycles. The van der Waals surface area contributed by atoms with Gasteiger partial charge in [0.25, 0.3) is 0 Å². The van der Waals surface area contributed by atoms with Crippen molar-refractivity contribution in [3.8, 4) is 5.75 Å². The highest BCUT2D eigenvalue weighted by atomic mass is 32.2. The molecule has 2 saturated carbocycles. The highest BCUT2D eigenvalue weighted by Gasteiger charge is 2.45. The number of benzene rings is 1. The first-order valence-corrected chi connectivity index (χ1v) is 12.2. The van der Waals surface area contributed by atoms with Crippen LogP contribution in [0.3, 0.4) is 0 Å². The summed E-state index contributed by atoms with van der Waals surface area (Å²) >= 11 is 0. The minimum atomic E-state index is -3.60. The van der Waals surface area contributed by atoms with Gasteiger partial charge >= 0.3 is 6.03 Å². The van der Waals surface area contributed by atoms with Crippen molar-refractivity contribution in [3.63, 3.8) is 0 Å². The molecular weight excluding hydrogens is 406 g/mol. The van der Waals surface area contributed by atoms with Crippen LogP contribution >= 0.6 is 0 Å². The molecule has 1 aromatic carbocycles. The second-order valence-corrected chi connectivity index (χ2v) is 10.4. The van der Waals surface area contributed by atoms with Gasteiger partial charge in [0.1, 0.15) is 12.3 Å². The number of nitrogens with zero attached hydrogens (tertiary/aromatic N) is 1.